The van der Waals surface area contributed by atoms with E-state index in [1.165, 1.54) is 6.26 Å². The zero-order valence-corrected chi connectivity index (χ0v) is 13.5. The van der Waals surface area contributed by atoms with Gasteiger partial charge in [-0.1, -0.05) is 6.92 Å². The molecule has 0 atom stereocenters. The van der Waals surface area contributed by atoms with Gasteiger partial charge in [0.25, 0.3) is 0 Å². The highest BCUT2D eigenvalue weighted by Crippen LogP contribution is 2.19. The first-order valence-corrected chi connectivity index (χ1v) is 8.90. The lowest BCUT2D eigenvalue weighted by atomic mass is 10.3. The minimum absolute atomic E-state index is 0.185. The molecule has 1 rings (SSSR count). The highest BCUT2D eigenvalue weighted by atomic mass is 32.2. The summed E-state index contributed by atoms with van der Waals surface area (Å²) in [6.07, 6.45) is 2.85. The van der Waals surface area contributed by atoms with Crippen molar-refractivity contribution in [3.05, 3.63) is 11.4 Å². The Balaban J connectivity index is 2.67. The molecule has 1 aromatic rings. The van der Waals surface area contributed by atoms with Crippen molar-refractivity contribution >= 4 is 21.5 Å². The number of anilines is 2. The van der Waals surface area contributed by atoms with Gasteiger partial charge in [-0.25, -0.2) is 18.4 Å². The molecule has 0 radical (unpaired) electrons. The second-order valence-electron chi connectivity index (χ2n) is 4.93. The Kier molecular flexibility index (Phi) is 6.19. The summed E-state index contributed by atoms with van der Waals surface area (Å²) in [5.74, 6) is 2.48. The summed E-state index contributed by atoms with van der Waals surface area (Å²) in [5, 5.41) is 6.46. The largest absolute Gasteiger partial charge is 0.370 e. The maximum Gasteiger partial charge on any atom is 0.147 e. The van der Waals surface area contributed by atoms with Gasteiger partial charge in [0.2, 0.25) is 0 Å². The van der Waals surface area contributed by atoms with Crippen molar-refractivity contribution in [2.75, 3.05) is 35.7 Å². The van der Waals surface area contributed by atoms with E-state index in [1.807, 2.05) is 13.8 Å². The lowest BCUT2D eigenvalue weighted by Gasteiger charge is -2.13. The van der Waals surface area contributed by atoms with Crippen LogP contribution in [0.2, 0.25) is 0 Å². The fraction of sp³-hybridized carbons (Fsp3) is 0.692. The standard InChI is InChI=1S/C13H24N4O2S/c1-5-7-14-12-10(2)13(17-11(3)16-12)15-8-6-9-20(4,18)19/h5-9H2,1-4H3,(H2,14,15,16,17). The Morgan fingerprint density at radius 3 is 2.10 bits per heavy atom. The molecule has 0 unspecified atom stereocenters. The van der Waals surface area contributed by atoms with Gasteiger partial charge in [0.05, 0.1) is 5.75 Å². The van der Waals surface area contributed by atoms with Gasteiger partial charge in [-0.05, 0) is 26.7 Å². The van der Waals surface area contributed by atoms with E-state index in [0.29, 0.717) is 18.8 Å². The van der Waals surface area contributed by atoms with Gasteiger partial charge in [-0.3, -0.25) is 0 Å². The minimum Gasteiger partial charge on any atom is -0.370 e. The molecular weight excluding hydrogens is 276 g/mol. The molecule has 7 heteroatoms. The predicted octanol–water partition coefficient (Wildman–Crippen LogP) is 1.76. The van der Waals surface area contributed by atoms with Crippen molar-refractivity contribution in [1.29, 1.82) is 0 Å². The van der Waals surface area contributed by atoms with Crippen LogP contribution in [0.15, 0.2) is 0 Å². The SMILES string of the molecule is CCCNc1nc(C)nc(NCCCS(C)(=O)=O)c1C. The van der Waals surface area contributed by atoms with Gasteiger partial charge < -0.3 is 10.6 Å². The van der Waals surface area contributed by atoms with E-state index < -0.39 is 9.84 Å². The number of hydrogen-bond donors (Lipinski definition) is 2. The molecule has 0 aliphatic rings. The van der Waals surface area contributed by atoms with Crippen LogP contribution in [0, 0.1) is 13.8 Å². The van der Waals surface area contributed by atoms with E-state index >= 15 is 0 Å². The van der Waals surface area contributed by atoms with Gasteiger partial charge in [0.1, 0.15) is 27.3 Å². The van der Waals surface area contributed by atoms with Gasteiger partial charge in [-0.15, -0.1) is 0 Å². The van der Waals surface area contributed by atoms with Crippen molar-refractivity contribution in [3.8, 4) is 0 Å². The van der Waals surface area contributed by atoms with Crippen molar-refractivity contribution in [3.63, 3.8) is 0 Å². The molecule has 0 fully saturated rings. The molecule has 2 N–H and O–H groups in total. The number of nitrogens with zero attached hydrogens (tertiary/aromatic N) is 2. The number of aryl methyl sites for hydroxylation is 1. The van der Waals surface area contributed by atoms with Crippen LogP contribution in [0.25, 0.3) is 0 Å². The quantitative estimate of drug-likeness (QED) is 0.712. The molecule has 0 aliphatic carbocycles. The number of aromatic nitrogens is 2. The second kappa shape index (κ2) is 7.42. The van der Waals surface area contributed by atoms with E-state index in [1.54, 1.807) is 0 Å². The summed E-state index contributed by atoms with van der Waals surface area (Å²) in [6, 6.07) is 0. The molecule has 1 heterocycles. The molecule has 0 aromatic carbocycles. The summed E-state index contributed by atoms with van der Waals surface area (Å²) in [7, 11) is -2.90. The van der Waals surface area contributed by atoms with Crippen molar-refractivity contribution in [2.24, 2.45) is 0 Å². The summed E-state index contributed by atoms with van der Waals surface area (Å²) < 4.78 is 22.1. The molecule has 20 heavy (non-hydrogen) atoms. The summed E-state index contributed by atoms with van der Waals surface area (Å²) in [4.78, 5) is 8.74. The first kappa shape index (κ1) is 16.7. The van der Waals surface area contributed by atoms with Gasteiger partial charge in [-0.2, -0.15) is 0 Å². The Bertz CT molecular complexity index is 544. The summed E-state index contributed by atoms with van der Waals surface area (Å²) in [5.41, 5.74) is 0.961. The molecule has 0 amide bonds. The van der Waals surface area contributed by atoms with Gasteiger partial charge in [0, 0.05) is 24.9 Å². The Labute approximate surface area is 121 Å². The Hall–Kier alpha value is -1.37. The summed E-state index contributed by atoms with van der Waals surface area (Å²) in [6.45, 7) is 7.34. The van der Waals surface area contributed by atoms with Crippen molar-refractivity contribution in [1.82, 2.24) is 9.97 Å². The topological polar surface area (TPSA) is 84.0 Å². The van der Waals surface area contributed by atoms with Crippen LogP contribution < -0.4 is 10.6 Å². The molecule has 0 saturated carbocycles. The zero-order chi connectivity index (χ0) is 15.2. The predicted molar refractivity (Wildman–Crippen MR) is 83.1 cm³/mol. The number of rotatable bonds is 8. The van der Waals surface area contributed by atoms with Crippen LogP contribution >= 0.6 is 0 Å². The van der Waals surface area contributed by atoms with Crippen LogP contribution in [-0.4, -0.2) is 43.5 Å². The first-order chi connectivity index (χ1) is 9.33. The maximum absolute atomic E-state index is 11.1. The van der Waals surface area contributed by atoms with Crippen LogP contribution in [-0.2, 0) is 9.84 Å². The third-order valence-electron chi connectivity index (χ3n) is 2.78. The fourth-order valence-corrected chi connectivity index (χ4v) is 2.43. The molecule has 0 saturated heterocycles. The van der Waals surface area contributed by atoms with E-state index in [0.717, 1.165) is 30.2 Å². The molecule has 6 nitrogen and oxygen atoms in total. The monoisotopic (exact) mass is 300 g/mol. The molecule has 0 aliphatic heterocycles. The lowest BCUT2D eigenvalue weighted by Crippen LogP contribution is -2.13. The number of hydrogen-bond acceptors (Lipinski definition) is 6. The van der Waals surface area contributed by atoms with E-state index in [9.17, 15) is 8.42 Å². The van der Waals surface area contributed by atoms with Gasteiger partial charge in [0.15, 0.2) is 0 Å². The lowest BCUT2D eigenvalue weighted by molar-refractivity contribution is 0.600. The Morgan fingerprint density at radius 1 is 1.05 bits per heavy atom. The Morgan fingerprint density at radius 2 is 1.60 bits per heavy atom. The van der Waals surface area contributed by atoms with Crippen molar-refractivity contribution < 1.29 is 8.42 Å². The van der Waals surface area contributed by atoms with Crippen LogP contribution in [0.3, 0.4) is 0 Å². The van der Waals surface area contributed by atoms with Gasteiger partial charge >= 0.3 is 0 Å². The highest BCUT2D eigenvalue weighted by Gasteiger charge is 2.09. The van der Waals surface area contributed by atoms with Crippen molar-refractivity contribution in [2.45, 2.75) is 33.6 Å². The van der Waals surface area contributed by atoms with E-state index in [-0.39, 0.29) is 5.75 Å². The third-order valence-corrected chi connectivity index (χ3v) is 3.81. The van der Waals surface area contributed by atoms with E-state index in [2.05, 4.69) is 27.5 Å². The third kappa shape index (κ3) is 5.73. The molecular formula is C13H24N4O2S. The zero-order valence-electron chi connectivity index (χ0n) is 12.7. The maximum atomic E-state index is 11.1. The van der Waals surface area contributed by atoms with Crippen LogP contribution in [0.1, 0.15) is 31.2 Å². The molecule has 0 spiro atoms. The second-order valence-corrected chi connectivity index (χ2v) is 7.19. The van der Waals surface area contributed by atoms with Crippen LogP contribution in [0.4, 0.5) is 11.6 Å². The van der Waals surface area contributed by atoms with E-state index in [4.69, 9.17) is 0 Å². The normalized spacial score (nSPS) is 11.4. The average Bonchev–Trinajstić information content (AvgIpc) is 2.35. The summed E-state index contributed by atoms with van der Waals surface area (Å²) >= 11 is 0. The number of nitrogens with one attached hydrogen (secondary N) is 2. The highest BCUT2D eigenvalue weighted by molar-refractivity contribution is 7.90. The molecule has 114 valence electrons. The first-order valence-electron chi connectivity index (χ1n) is 6.84. The smallest absolute Gasteiger partial charge is 0.147 e. The minimum atomic E-state index is -2.90. The molecule has 1 aromatic heterocycles. The average molecular weight is 300 g/mol. The fourth-order valence-electron chi connectivity index (χ4n) is 1.76. The number of sulfone groups is 1. The molecule has 0 bridgehead atoms. The van der Waals surface area contributed by atoms with Crippen LogP contribution in [0.5, 0.6) is 0 Å².